The Labute approximate surface area is 175 Å². The van der Waals surface area contributed by atoms with Crippen LogP contribution >= 0.6 is 23.2 Å². The summed E-state index contributed by atoms with van der Waals surface area (Å²) in [4.78, 5) is 21.9. The molecule has 10 heteroatoms. The standard InChI is InChI=1S/C19H18Cl2F3N3O2/c1-10(2)29-27-16(17-15(21)8-12(20)9-25-17)11(3)26-18(28)13-6-4-5-7-14(13)19(22,23)24/h4-11H,1-3H3,(H,26,28)/b27-16-. The van der Waals surface area contributed by atoms with Gasteiger partial charge in [0.25, 0.3) is 5.91 Å². The molecule has 0 aliphatic carbocycles. The van der Waals surface area contributed by atoms with E-state index >= 15 is 0 Å². The monoisotopic (exact) mass is 447 g/mol. The first-order chi connectivity index (χ1) is 13.5. The van der Waals surface area contributed by atoms with E-state index < -0.39 is 29.3 Å². The fourth-order valence-electron chi connectivity index (χ4n) is 2.36. The Morgan fingerprint density at radius 2 is 1.86 bits per heavy atom. The lowest BCUT2D eigenvalue weighted by molar-refractivity contribution is -0.137. The summed E-state index contributed by atoms with van der Waals surface area (Å²) in [6.45, 7) is 5.00. The van der Waals surface area contributed by atoms with Crippen LogP contribution in [0.5, 0.6) is 0 Å². The van der Waals surface area contributed by atoms with E-state index in [9.17, 15) is 18.0 Å². The largest absolute Gasteiger partial charge is 0.417 e. The molecule has 0 radical (unpaired) electrons. The van der Waals surface area contributed by atoms with Crippen LogP contribution in [0.25, 0.3) is 0 Å². The van der Waals surface area contributed by atoms with Crippen molar-refractivity contribution >= 4 is 34.8 Å². The Morgan fingerprint density at radius 1 is 1.21 bits per heavy atom. The third kappa shape index (κ3) is 6.08. The van der Waals surface area contributed by atoms with Crippen molar-refractivity contribution in [1.82, 2.24) is 10.3 Å². The van der Waals surface area contributed by atoms with Gasteiger partial charge in [0.15, 0.2) is 0 Å². The van der Waals surface area contributed by atoms with Gasteiger partial charge in [-0.2, -0.15) is 13.2 Å². The highest BCUT2D eigenvalue weighted by molar-refractivity contribution is 6.36. The van der Waals surface area contributed by atoms with Crippen molar-refractivity contribution in [2.45, 2.75) is 39.1 Å². The van der Waals surface area contributed by atoms with Gasteiger partial charge in [0.1, 0.15) is 17.5 Å². The van der Waals surface area contributed by atoms with Crippen molar-refractivity contribution in [3.8, 4) is 0 Å². The Balaban J connectivity index is 2.37. The highest BCUT2D eigenvalue weighted by atomic mass is 35.5. The molecule has 156 valence electrons. The number of pyridine rings is 1. The van der Waals surface area contributed by atoms with Crippen molar-refractivity contribution in [1.29, 1.82) is 0 Å². The number of halogens is 5. The summed E-state index contributed by atoms with van der Waals surface area (Å²) in [6.07, 6.45) is -3.62. The predicted molar refractivity (Wildman–Crippen MR) is 105 cm³/mol. The number of nitrogens with zero attached hydrogens (tertiary/aromatic N) is 2. The minimum Gasteiger partial charge on any atom is -0.393 e. The second-order valence-corrected chi connectivity index (χ2v) is 7.20. The molecule has 1 aromatic carbocycles. The first-order valence-electron chi connectivity index (χ1n) is 8.53. The summed E-state index contributed by atoms with van der Waals surface area (Å²) in [5, 5.41) is 6.93. The zero-order valence-electron chi connectivity index (χ0n) is 15.7. The maximum absolute atomic E-state index is 13.2. The van der Waals surface area contributed by atoms with Gasteiger partial charge in [-0.1, -0.05) is 40.5 Å². The lowest BCUT2D eigenvalue weighted by Gasteiger charge is -2.19. The SMILES string of the molecule is CC(C)O/N=C(\c1ncc(Cl)cc1Cl)C(C)NC(=O)c1ccccc1C(F)(F)F. The molecule has 1 heterocycles. The smallest absolute Gasteiger partial charge is 0.393 e. The first-order valence-corrected chi connectivity index (χ1v) is 9.28. The number of amides is 1. The van der Waals surface area contributed by atoms with Crippen LogP contribution in [0, 0.1) is 0 Å². The van der Waals surface area contributed by atoms with E-state index in [1.54, 1.807) is 13.8 Å². The molecule has 0 aliphatic rings. The van der Waals surface area contributed by atoms with Crippen LogP contribution in [0.1, 0.15) is 42.4 Å². The molecule has 5 nitrogen and oxygen atoms in total. The second-order valence-electron chi connectivity index (χ2n) is 6.35. The normalized spacial score (nSPS) is 13.3. The van der Waals surface area contributed by atoms with Crippen LogP contribution in [0.2, 0.25) is 10.0 Å². The van der Waals surface area contributed by atoms with Gasteiger partial charge in [0, 0.05) is 6.20 Å². The Kier molecular flexibility index (Phi) is 7.48. The highest BCUT2D eigenvalue weighted by Gasteiger charge is 2.35. The lowest BCUT2D eigenvalue weighted by Crippen LogP contribution is -2.40. The quantitative estimate of drug-likeness (QED) is 0.479. The molecule has 1 amide bonds. The highest BCUT2D eigenvalue weighted by Crippen LogP contribution is 2.32. The van der Waals surface area contributed by atoms with E-state index in [2.05, 4.69) is 15.5 Å². The number of nitrogens with one attached hydrogen (secondary N) is 1. The number of hydrogen-bond donors (Lipinski definition) is 1. The number of oxime groups is 1. The number of hydrogen-bond acceptors (Lipinski definition) is 4. The number of rotatable bonds is 6. The van der Waals surface area contributed by atoms with E-state index in [4.69, 9.17) is 28.0 Å². The van der Waals surface area contributed by atoms with Gasteiger partial charge in [-0.3, -0.25) is 9.78 Å². The van der Waals surface area contributed by atoms with Gasteiger partial charge in [-0.25, -0.2) is 0 Å². The topological polar surface area (TPSA) is 63.6 Å². The lowest BCUT2D eigenvalue weighted by atomic mass is 10.0. The molecule has 2 rings (SSSR count). The molecule has 0 saturated carbocycles. The van der Waals surface area contributed by atoms with Gasteiger partial charge in [-0.05, 0) is 39.0 Å². The summed E-state index contributed by atoms with van der Waals surface area (Å²) in [6, 6.07) is 5.07. The number of carbonyl (C=O) groups is 1. The summed E-state index contributed by atoms with van der Waals surface area (Å²) in [5.41, 5.74) is -1.22. The van der Waals surface area contributed by atoms with Crippen molar-refractivity contribution in [2.75, 3.05) is 0 Å². The van der Waals surface area contributed by atoms with Crippen LogP contribution in [0.15, 0.2) is 41.7 Å². The fraction of sp³-hybridized carbons (Fsp3) is 0.316. The third-order valence-electron chi connectivity index (χ3n) is 3.65. The van der Waals surface area contributed by atoms with E-state index in [-0.39, 0.29) is 22.5 Å². The molecule has 0 spiro atoms. The molecular formula is C19H18Cl2F3N3O2. The van der Waals surface area contributed by atoms with E-state index in [1.165, 1.54) is 31.3 Å². The Morgan fingerprint density at radius 3 is 2.45 bits per heavy atom. The molecule has 2 aromatic rings. The average Bonchev–Trinajstić information content (AvgIpc) is 2.62. The molecule has 29 heavy (non-hydrogen) atoms. The molecule has 1 unspecified atom stereocenters. The maximum atomic E-state index is 13.2. The number of alkyl halides is 3. The first kappa shape index (κ1) is 23.0. The summed E-state index contributed by atoms with van der Waals surface area (Å²) in [5.74, 6) is -0.923. The molecule has 0 saturated heterocycles. The van der Waals surface area contributed by atoms with Crippen LogP contribution in [-0.2, 0) is 11.0 Å². The van der Waals surface area contributed by atoms with Gasteiger partial charge >= 0.3 is 6.18 Å². The molecule has 0 bridgehead atoms. The van der Waals surface area contributed by atoms with Gasteiger partial charge < -0.3 is 10.2 Å². The Hall–Kier alpha value is -2.32. The van der Waals surface area contributed by atoms with Crippen LogP contribution in [0.3, 0.4) is 0 Å². The molecule has 1 atom stereocenters. The van der Waals surface area contributed by atoms with E-state index in [1.807, 2.05) is 0 Å². The van der Waals surface area contributed by atoms with Crippen LogP contribution in [0.4, 0.5) is 13.2 Å². The maximum Gasteiger partial charge on any atom is 0.417 e. The molecular weight excluding hydrogens is 430 g/mol. The van der Waals surface area contributed by atoms with E-state index in [0.29, 0.717) is 5.02 Å². The van der Waals surface area contributed by atoms with Crippen molar-refractivity contribution in [3.05, 3.63) is 63.4 Å². The minimum absolute atomic E-state index is 0.137. The van der Waals surface area contributed by atoms with Crippen molar-refractivity contribution < 1.29 is 22.8 Å². The number of benzene rings is 1. The second kappa shape index (κ2) is 9.45. The van der Waals surface area contributed by atoms with Crippen molar-refractivity contribution in [2.24, 2.45) is 5.16 Å². The number of aromatic nitrogens is 1. The number of carbonyl (C=O) groups excluding carboxylic acids is 1. The predicted octanol–water partition coefficient (Wildman–Crippen LogP) is 5.35. The van der Waals surface area contributed by atoms with E-state index in [0.717, 1.165) is 12.1 Å². The zero-order valence-corrected chi connectivity index (χ0v) is 17.2. The molecule has 1 aromatic heterocycles. The third-order valence-corrected chi connectivity index (χ3v) is 4.14. The zero-order chi connectivity index (χ0) is 21.8. The summed E-state index contributed by atoms with van der Waals surface area (Å²) >= 11 is 12.0. The summed E-state index contributed by atoms with van der Waals surface area (Å²) in [7, 11) is 0. The molecule has 0 aliphatic heterocycles. The van der Waals surface area contributed by atoms with Crippen molar-refractivity contribution in [3.63, 3.8) is 0 Å². The van der Waals surface area contributed by atoms with Crippen LogP contribution < -0.4 is 5.32 Å². The fourth-order valence-corrected chi connectivity index (χ4v) is 2.84. The van der Waals surface area contributed by atoms with Gasteiger partial charge in [0.2, 0.25) is 0 Å². The van der Waals surface area contributed by atoms with Gasteiger partial charge in [0.05, 0.1) is 27.2 Å². The summed E-state index contributed by atoms with van der Waals surface area (Å²) < 4.78 is 39.6. The molecule has 0 fully saturated rings. The average molecular weight is 448 g/mol. The molecule has 1 N–H and O–H groups in total. The van der Waals surface area contributed by atoms with Gasteiger partial charge in [-0.15, -0.1) is 0 Å². The van der Waals surface area contributed by atoms with Crippen LogP contribution in [-0.4, -0.2) is 28.7 Å². The minimum atomic E-state index is -4.67. The Bertz CT molecular complexity index is 918.